The molecule has 0 bridgehead atoms. The first-order chi connectivity index (χ1) is 12.7. The Hall–Kier alpha value is -3.06. The maximum absolute atomic E-state index is 12.1. The van der Waals surface area contributed by atoms with Crippen molar-refractivity contribution in [3.63, 3.8) is 0 Å². The van der Waals surface area contributed by atoms with Crippen LogP contribution in [-0.2, 0) is 11.2 Å². The first-order valence-electron chi connectivity index (χ1n) is 8.09. The second-order valence-electron chi connectivity index (χ2n) is 5.75. The smallest absolute Gasteiger partial charge is 0.271 e. The van der Waals surface area contributed by atoms with Crippen LogP contribution in [0, 0.1) is 0 Å². The van der Waals surface area contributed by atoms with Crippen LogP contribution in [0.1, 0.15) is 21.5 Å². The highest BCUT2D eigenvalue weighted by atomic mass is 32.2. The number of rotatable bonds is 3. The van der Waals surface area contributed by atoms with E-state index in [1.165, 1.54) is 11.8 Å². The average molecular weight is 365 g/mol. The van der Waals surface area contributed by atoms with Crippen molar-refractivity contribution in [1.82, 2.24) is 10.7 Å². The molecular formula is C19H15N3O3S. The maximum atomic E-state index is 12.1. The number of carbonyl (C=O) groups excluding carboxylic acids is 2. The summed E-state index contributed by atoms with van der Waals surface area (Å²) < 4.78 is 5.49. The largest absolute Gasteiger partial charge is 0.493 e. The molecule has 2 aliphatic rings. The summed E-state index contributed by atoms with van der Waals surface area (Å²) in [6.07, 6.45) is 2.68. The van der Waals surface area contributed by atoms with Gasteiger partial charge in [-0.05, 0) is 53.2 Å². The van der Waals surface area contributed by atoms with Crippen molar-refractivity contribution in [3.05, 3.63) is 70.1 Å². The van der Waals surface area contributed by atoms with E-state index in [-0.39, 0.29) is 11.8 Å². The van der Waals surface area contributed by atoms with Crippen LogP contribution in [0.3, 0.4) is 0 Å². The van der Waals surface area contributed by atoms with Crippen molar-refractivity contribution >= 4 is 34.8 Å². The van der Waals surface area contributed by atoms with Crippen LogP contribution in [0.2, 0.25) is 0 Å². The van der Waals surface area contributed by atoms with Gasteiger partial charge in [-0.1, -0.05) is 24.3 Å². The van der Waals surface area contributed by atoms with Crippen molar-refractivity contribution in [2.45, 2.75) is 6.42 Å². The van der Waals surface area contributed by atoms with Crippen molar-refractivity contribution in [2.75, 3.05) is 6.61 Å². The zero-order chi connectivity index (χ0) is 17.9. The lowest BCUT2D eigenvalue weighted by molar-refractivity contribution is -0.115. The van der Waals surface area contributed by atoms with Gasteiger partial charge in [0, 0.05) is 12.0 Å². The van der Waals surface area contributed by atoms with Crippen LogP contribution in [0.25, 0.3) is 6.08 Å². The van der Waals surface area contributed by atoms with E-state index < -0.39 is 0 Å². The summed E-state index contributed by atoms with van der Waals surface area (Å²) in [6.45, 7) is 0.697. The number of carbonyl (C=O) groups is 2. The van der Waals surface area contributed by atoms with Gasteiger partial charge >= 0.3 is 0 Å². The van der Waals surface area contributed by atoms with Crippen LogP contribution in [0.4, 0.5) is 0 Å². The van der Waals surface area contributed by atoms with Gasteiger partial charge in [-0.2, -0.15) is 0 Å². The molecule has 0 aromatic heterocycles. The molecule has 1 saturated heterocycles. The first kappa shape index (κ1) is 16.4. The Morgan fingerprint density at radius 3 is 2.92 bits per heavy atom. The lowest BCUT2D eigenvalue weighted by Gasteiger charge is -2.00. The molecule has 130 valence electrons. The molecule has 4 rings (SSSR count). The summed E-state index contributed by atoms with van der Waals surface area (Å²) in [4.78, 5) is 24.6. The fourth-order valence-electron chi connectivity index (χ4n) is 2.68. The molecule has 2 heterocycles. The summed E-state index contributed by atoms with van der Waals surface area (Å²) >= 11 is 1.19. The molecule has 7 heteroatoms. The second-order valence-corrected chi connectivity index (χ2v) is 6.78. The number of hydrazone groups is 1. The fourth-order valence-corrected chi connectivity index (χ4v) is 3.47. The number of amides is 2. The Morgan fingerprint density at radius 1 is 1.23 bits per heavy atom. The highest BCUT2D eigenvalue weighted by Gasteiger charge is 2.24. The third kappa shape index (κ3) is 3.48. The molecule has 0 saturated carbocycles. The van der Waals surface area contributed by atoms with Crippen molar-refractivity contribution in [3.8, 4) is 5.75 Å². The van der Waals surface area contributed by atoms with Gasteiger partial charge in [0.2, 0.25) is 0 Å². The Bertz CT molecular complexity index is 938. The quantitative estimate of drug-likeness (QED) is 0.647. The number of amidine groups is 1. The molecule has 0 atom stereocenters. The summed E-state index contributed by atoms with van der Waals surface area (Å²) in [5.41, 5.74) is 5.03. The summed E-state index contributed by atoms with van der Waals surface area (Å²) in [5.74, 6) is 0.338. The highest BCUT2D eigenvalue weighted by molar-refractivity contribution is 8.18. The maximum Gasteiger partial charge on any atom is 0.271 e. The minimum absolute atomic E-state index is 0.237. The highest BCUT2D eigenvalue weighted by Crippen LogP contribution is 2.29. The summed E-state index contributed by atoms with van der Waals surface area (Å²) in [7, 11) is 0. The van der Waals surface area contributed by atoms with E-state index in [2.05, 4.69) is 15.8 Å². The number of ether oxygens (including phenoxy) is 1. The number of hydrogen-bond donors (Lipinski definition) is 2. The second kappa shape index (κ2) is 7.05. The number of hydrogen-bond acceptors (Lipinski definition) is 5. The predicted molar refractivity (Wildman–Crippen MR) is 101 cm³/mol. The number of nitrogens with zero attached hydrogens (tertiary/aromatic N) is 1. The molecule has 2 aliphatic heterocycles. The standard InChI is InChI=1S/C19H15N3O3S/c23-17(13-4-2-1-3-5-13)21-22-19-20-18(24)16(26-19)11-12-6-7-15-14(10-12)8-9-25-15/h1-7,10-11H,8-9H2,(H,21,23)(H,20,22,24)/b16-11-. The van der Waals surface area contributed by atoms with Crippen LogP contribution in [-0.4, -0.2) is 23.6 Å². The van der Waals surface area contributed by atoms with E-state index in [1.54, 1.807) is 30.3 Å². The Labute approximate surface area is 154 Å². The van der Waals surface area contributed by atoms with E-state index in [0.29, 0.717) is 22.2 Å². The van der Waals surface area contributed by atoms with Gasteiger partial charge in [-0.25, -0.2) is 5.43 Å². The van der Waals surface area contributed by atoms with Crippen LogP contribution < -0.4 is 15.5 Å². The van der Waals surface area contributed by atoms with Gasteiger partial charge in [-0.15, -0.1) is 5.10 Å². The number of benzene rings is 2. The number of thioether (sulfide) groups is 1. The average Bonchev–Trinajstić information content (AvgIpc) is 3.27. The first-order valence-corrected chi connectivity index (χ1v) is 8.90. The molecule has 2 aromatic rings. The lowest BCUT2D eigenvalue weighted by atomic mass is 10.1. The lowest BCUT2D eigenvalue weighted by Crippen LogP contribution is -2.25. The molecule has 0 aliphatic carbocycles. The van der Waals surface area contributed by atoms with Gasteiger partial charge in [0.1, 0.15) is 5.75 Å². The molecule has 0 unspecified atom stereocenters. The minimum atomic E-state index is -0.330. The van der Waals surface area contributed by atoms with E-state index in [9.17, 15) is 9.59 Å². The SMILES string of the molecule is O=C1N/C(=N\NC(=O)c2ccccc2)S/C1=C\c1ccc2c(c1)CCO2. The monoisotopic (exact) mass is 365 g/mol. The van der Waals surface area contributed by atoms with E-state index in [4.69, 9.17) is 4.74 Å². The van der Waals surface area contributed by atoms with E-state index >= 15 is 0 Å². The van der Waals surface area contributed by atoms with Crippen molar-refractivity contribution < 1.29 is 14.3 Å². The van der Waals surface area contributed by atoms with Gasteiger partial charge in [-0.3, -0.25) is 14.9 Å². The summed E-state index contributed by atoms with van der Waals surface area (Å²) in [5, 5.41) is 6.98. The van der Waals surface area contributed by atoms with Crippen LogP contribution in [0.15, 0.2) is 58.5 Å². The van der Waals surface area contributed by atoms with E-state index in [0.717, 1.165) is 23.3 Å². The third-order valence-corrected chi connectivity index (χ3v) is 4.87. The van der Waals surface area contributed by atoms with Crippen molar-refractivity contribution in [1.29, 1.82) is 0 Å². The Morgan fingerprint density at radius 2 is 2.08 bits per heavy atom. The molecule has 1 fully saturated rings. The van der Waals surface area contributed by atoms with Crippen molar-refractivity contribution in [2.24, 2.45) is 5.10 Å². The molecule has 0 spiro atoms. The zero-order valence-corrected chi connectivity index (χ0v) is 14.5. The predicted octanol–water partition coefficient (Wildman–Crippen LogP) is 2.53. The molecule has 0 radical (unpaired) electrons. The molecular weight excluding hydrogens is 350 g/mol. The fraction of sp³-hybridized carbons (Fsp3) is 0.105. The van der Waals surface area contributed by atoms with Gasteiger partial charge in [0.15, 0.2) is 5.17 Å². The normalized spacial score (nSPS) is 18.5. The Kier molecular flexibility index (Phi) is 4.45. The van der Waals surface area contributed by atoms with Gasteiger partial charge in [0.25, 0.3) is 11.8 Å². The number of nitrogens with one attached hydrogen (secondary N) is 2. The third-order valence-electron chi connectivity index (χ3n) is 3.96. The molecule has 2 N–H and O–H groups in total. The Balaban J connectivity index is 1.46. The van der Waals surface area contributed by atoms with Gasteiger partial charge < -0.3 is 4.74 Å². The number of fused-ring (bicyclic) bond motifs is 1. The van der Waals surface area contributed by atoms with Gasteiger partial charge in [0.05, 0.1) is 11.5 Å². The van der Waals surface area contributed by atoms with Crippen LogP contribution in [0.5, 0.6) is 5.75 Å². The molecule has 2 amide bonds. The topological polar surface area (TPSA) is 79.8 Å². The minimum Gasteiger partial charge on any atom is -0.493 e. The zero-order valence-electron chi connectivity index (χ0n) is 13.7. The summed E-state index contributed by atoms with van der Waals surface area (Å²) in [6, 6.07) is 14.6. The van der Waals surface area contributed by atoms with E-state index in [1.807, 2.05) is 24.3 Å². The molecule has 26 heavy (non-hydrogen) atoms. The molecule has 2 aromatic carbocycles. The molecule has 6 nitrogen and oxygen atoms in total. The van der Waals surface area contributed by atoms with Crippen LogP contribution >= 0.6 is 11.8 Å².